The fourth-order valence-corrected chi connectivity index (χ4v) is 2.50. The van der Waals surface area contributed by atoms with E-state index in [0.29, 0.717) is 18.9 Å². The molecular formula is C12H23F3N2. The molecule has 2 atom stereocenters. The molecule has 5 heteroatoms. The van der Waals surface area contributed by atoms with Crippen LogP contribution in [0.5, 0.6) is 0 Å². The number of halogens is 3. The van der Waals surface area contributed by atoms with Crippen LogP contribution < -0.4 is 5.73 Å². The van der Waals surface area contributed by atoms with Gasteiger partial charge in [-0.3, -0.25) is 0 Å². The first-order valence-corrected chi connectivity index (χ1v) is 6.33. The Hall–Kier alpha value is -0.290. The zero-order valence-electron chi connectivity index (χ0n) is 10.6. The highest BCUT2D eigenvalue weighted by Gasteiger charge is 2.41. The third-order valence-electron chi connectivity index (χ3n) is 3.24. The van der Waals surface area contributed by atoms with Crippen LogP contribution in [0.15, 0.2) is 0 Å². The van der Waals surface area contributed by atoms with Crippen molar-refractivity contribution in [2.75, 3.05) is 19.6 Å². The van der Waals surface area contributed by atoms with Crippen LogP contribution in [0, 0.1) is 11.8 Å². The Kier molecular flexibility index (Phi) is 5.25. The van der Waals surface area contributed by atoms with Crippen LogP contribution in [0.25, 0.3) is 0 Å². The van der Waals surface area contributed by atoms with Crippen molar-refractivity contribution in [2.24, 2.45) is 17.6 Å². The van der Waals surface area contributed by atoms with E-state index in [2.05, 4.69) is 13.8 Å². The molecule has 1 fully saturated rings. The average molecular weight is 252 g/mol. The van der Waals surface area contributed by atoms with Gasteiger partial charge < -0.3 is 10.6 Å². The van der Waals surface area contributed by atoms with Crippen molar-refractivity contribution >= 4 is 0 Å². The minimum Gasteiger partial charge on any atom is -0.327 e. The normalized spacial score (nSPS) is 25.2. The van der Waals surface area contributed by atoms with E-state index in [1.54, 1.807) is 0 Å². The maximum absolute atomic E-state index is 12.6. The van der Waals surface area contributed by atoms with Crippen molar-refractivity contribution in [1.82, 2.24) is 4.90 Å². The summed E-state index contributed by atoms with van der Waals surface area (Å²) in [6.07, 6.45) is -2.30. The van der Waals surface area contributed by atoms with Crippen LogP contribution in [0.2, 0.25) is 0 Å². The summed E-state index contributed by atoms with van der Waals surface area (Å²) in [7, 11) is 0. The second kappa shape index (κ2) is 6.05. The Morgan fingerprint density at radius 2 is 2.00 bits per heavy atom. The van der Waals surface area contributed by atoms with Gasteiger partial charge in [0.2, 0.25) is 0 Å². The van der Waals surface area contributed by atoms with Gasteiger partial charge in [0.05, 0.1) is 5.92 Å². The molecule has 0 amide bonds. The van der Waals surface area contributed by atoms with E-state index in [-0.39, 0.29) is 19.0 Å². The Balaban J connectivity index is 2.39. The summed E-state index contributed by atoms with van der Waals surface area (Å²) < 4.78 is 37.8. The van der Waals surface area contributed by atoms with Crippen molar-refractivity contribution in [2.45, 2.75) is 45.3 Å². The van der Waals surface area contributed by atoms with Gasteiger partial charge in [0.25, 0.3) is 0 Å². The van der Waals surface area contributed by atoms with Gasteiger partial charge in [-0.15, -0.1) is 0 Å². The van der Waals surface area contributed by atoms with E-state index in [0.717, 1.165) is 13.0 Å². The molecule has 0 radical (unpaired) electrons. The highest BCUT2D eigenvalue weighted by Crippen LogP contribution is 2.33. The lowest BCUT2D eigenvalue weighted by molar-refractivity contribution is -0.186. The highest BCUT2D eigenvalue weighted by atomic mass is 19.4. The van der Waals surface area contributed by atoms with Crippen LogP contribution >= 0.6 is 0 Å². The van der Waals surface area contributed by atoms with Crippen LogP contribution in [0.4, 0.5) is 13.2 Å². The Bertz CT molecular complexity index is 228. The molecule has 0 aliphatic carbocycles. The monoisotopic (exact) mass is 252 g/mol. The van der Waals surface area contributed by atoms with Crippen LogP contribution in [0.1, 0.15) is 33.1 Å². The highest BCUT2D eigenvalue weighted by molar-refractivity contribution is 4.80. The molecule has 2 nitrogen and oxygen atoms in total. The molecule has 1 heterocycles. The minimum atomic E-state index is -4.05. The SMILES string of the molecule is CC(C)C[C@H](N)CN1CCCC(C(F)(F)F)C1. The molecule has 0 aromatic carbocycles. The quantitative estimate of drug-likeness (QED) is 0.833. The number of hydrogen-bond acceptors (Lipinski definition) is 2. The second-order valence-corrected chi connectivity index (χ2v) is 5.53. The topological polar surface area (TPSA) is 29.3 Å². The standard InChI is InChI=1S/C12H23F3N2/c1-9(2)6-11(16)8-17-5-3-4-10(7-17)12(13,14)15/h9-11H,3-8,16H2,1-2H3/t10?,11-/m0/s1. The number of nitrogens with two attached hydrogens (primary N) is 1. The van der Waals surface area contributed by atoms with Crippen molar-refractivity contribution in [3.8, 4) is 0 Å². The molecule has 0 bridgehead atoms. The molecule has 0 aromatic rings. The van der Waals surface area contributed by atoms with E-state index in [1.807, 2.05) is 4.90 Å². The van der Waals surface area contributed by atoms with E-state index in [9.17, 15) is 13.2 Å². The first kappa shape index (κ1) is 14.8. The van der Waals surface area contributed by atoms with Crippen LogP contribution in [-0.4, -0.2) is 36.8 Å². The van der Waals surface area contributed by atoms with Crippen molar-refractivity contribution in [3.63, 3.8) is 0 Å². The zero-order valence-corrected chi connectivity index (χ0v) is 10.6. The van der Waals surface area contributed by atoms with Crippen molar-refractivity contribution < 1.29 is 13.2 Å². The average Bonchev–Trinajstić information content (AvgIpc) is 2.15. The fraction of sp³-hybridized carbons (Fsp3) is 1.00. The summed E-state index contributed by atoms with van der Waals surface area (Å²) in [5.41, 5.74) is 5.94. The molecular weight excluding hydrogens is 229 g/mol. The zero-order chi connectivity index (χ0) is 13.1. The lowest BCUT2D eigenvalue weighted by atomic mass is 9.96. The van der Waals surface area contributed by atoms with Crippen molar-refractivity contribution in [1.29, 1.82) is 0 Å². The maximum Gasteiger partial charge on any atom is 0.393 e. The van der Waals surface area contributed by atoms with Gasteiger partial charge in [0.15, 0.2) is 0 Å². The van der Waals surface area contributed by atoms with Gasteiger partial charge in [0.1, 0.15) is 0 Å². The largest absolute Gasteiger partial charge is 0.393 e. The number of likely N-dealkylation sites (tertiary alicyclic amines) is 1. The molecule has 102 valence electrons. The van der Waals surface area contributed by atoms with E-state index >= 15 is 0 Å². The maximum atomic E-state index is 12.6. The van der Waals surface area contributed by atoms with Gasteiger partial charge in [-0.05, 0) is 31.7 Å². The lowest BCUT2D eigenvalue weighted by Crippen LogP contribution is -2.46. The van der Waals surface area contributed by atoms with Gasteiger partial charge in [-0.2, -0.15) is 13.2 Å². The first-order valence-electron chi connectivity index (χ1n) is 6.33. The van der Waals surface area contributed by atoms with Crippen molar-refractivity contribution in [3.05, 3.63) is 0 Å². The first-order chi connectivity index (χ1) is 7.79. The molecule has 17 heavy (non-hydrogen) atoms. The number of hydrogen-bond donors (Lipinski definition) is 1. The van der Waals surface area contributed by atoms with Gasteiger partial charge >= 0.3 is 6.18 Å². The molecule has 1 unspecified atom stereocenters. The molecule has 1 aliphatic rings. The van der Waals surface area contributed by atoms with Gasteiger partial charge in [-0.25, -0.2) is 0 Å². The Morgan fingerprint density at radius 3 is 2.53 bits per heavy atom. The van der Waals surface area contributed by atoms with Crippen LogP contribution in [0.3, 0.4) is 0 Å². The summed E-state index contributed by atoms with van der Waals surface area (Å²) in [6, 6.07) is -0.0121. The van der Waals surface area contributed by atoms with Gasteiger partial charge in [-0.1, -0.05) is 13.8 Å². The number of piperidine rings is 1. The molecule has 0 aromatic heterocycles. The second-order valence-electron chi connectivity index (χ2n) is 5.53. The molecule has 0 saturated carbocycles. The van der Waals surface area contributed by atoms with E-state index in [1.165, 1.54) is 0 Å². The van der Waals surface area contributed by atoms with Gasteiger partial charge in [0, 0.05) is 19.1 Å². The summed E-state index contributed by atoms with van der Waals surface area (Å²) in [6.45, 7) is 5.61. The number of nitrogens with zero attached hydrogens (tertiary/aromatic N) is 1. The third-order valence-corrected chi connectivity index (χ3v) is 3.24. The summed E-state index contributed by atoms with van der Waals surface area (Å²) >= 11 is 0. The summed E-state index contributed by atoms with van der Waals surface area (Å²) in [5.74, 6) is -0.671. The Labute approximate surface area is 101 Å². The molecule has 1 rings (SSSR count). The third kappa shape index (κ3) is 5.25. The molecule has 2 N–H and O–H groups in total. The summed E-state index contributed by atoms with van der Waals surface area (Å²) in [5, 5.41) is 0. The fourth-order valence-electron chi connectivity index (χ4n) is 2.50. The predicted octanol–water partition coefficient (Wildman–Crippen LogP) is 2.63. The number of rotatable bonds is 4. The van der Waals surface area contributed by atoms with E-state index in [4.69, 9.17) is 5.73 Å². The van der Waals surface area contributed by atoms with E-state index < -0.39 is 12.1 Å². The molecule has 1 saturated heterocycles. The lowest BCUT2D eigenvalue weighted by Gasteiger charge is -2.35. The minimum absolute atomic E-state index is 0.0121. The molecule has 1 aliphatic heterocycles. The smallest absolute Gasteiger partial charge is 0.327 e. The summed E-state index contributed by atoms with van der Waals surface area (Å²) in [4.78, 5) is 1.87. The number of alkyl halides is 3. The molecule has 0 spiro atoms. The Morgan fingerprint density at radius 1 is 1.35 bits per heavy atom. The predicted molar refractivity (Wildman–Crippen MR) is 62.6 cm³/mol. The van der Waals surface area contributed by atoms with Crippen LogP contribution in [-0.2, 0) is 0 Å².